The summed E-state index contributed by atoms with van der Waals surface area (Å²) < 4.78 is 0. The number of hydrogen-bond donors (Lipinski definition) is 2. The van der Waals surface area contributed by atoms with Gasteiger partial charge in [-0.25, -0.2) is 0 Å². The van der Waals surface area contributed by atoms with Crippen molar-refractivity contribution in [1.82, 2.24) is 10.2 Å². The SMILES string of the molecule is CCCCN(C)c1ccc(C(=O)NC2(CCO)CCN(C)CC2)cc1. The van der Waals surface area contributed by atoms with Gasteiger partial charge in [-0.2, -0.15) is 0 Å². The normalized spacial score (nSPS) is 17.3. The van der Waals surface area contributed by atoms with Crippen molar-refractivity contribution in [2.75, 3.05) is 45.2 Å². The molecule has 1 saturated heterocycles. The lowest BCUT2D eigenvalue weighted by Gasteiger charge is -2.41. The molecule has 0 atom stereocenters. The van der Waals surface area contributed by atoms with E-state index in [1.807, 2.05) is 24.3 Å². The van der Waals surface area contributed by atoms with Gasteiger partial charge in [0, 0.05) is 50.1 Å². The van der Waals surface area contributed by atoms with Crippen LogP contribution in [0.15, 0.2) is 24.3 Å². The Bertz CT molecular complexity index is 536. The average molecular weight is 348 g/mol. The average Bonchev–Trinajstić information content (AvgIpc) is 2.62. The predicted octanol–water partition coefficient (Wildman–Crippen LogP) is 2.50. The number of aliphatic hydroxyl groups excluding tert-OH is 1. The van der Waals surface area contributed by atoms with E-state index < -0.39 is 0 Å². The molecule has 0 spiro atoms. The number of nitrogens with zero attached hydrogens (tertiary/aromatic N) is 2. The first-order chi connectivity index (χ1) is 12.0. The van der Waals surface area contributed by atoms with E-state index in [0.717, 1.165) is 44.6 Å². The molecule has 0 saturated carbocycles. The van der Waals surface area contributed by atoms with Crippen LogP contribution in [0.3, 0.4) is 0 Å². The molecule has 1 fully saturated rings. The first kappa shape index (κ1) is 19.7. The summed E-state index contributed by atoms with van der Waals surface area (Å²) in [6.45, 7) is 5.20. The van der Waals surface area contributed by atoms with E-state index in [0.29, 0.717) is 12.0 Å². The monoisotopic (exact) mass is 347 g/mol. The first-order valence-corrected chi connectivity index (χ1v) is 9.43. The molecule has 1 amide bonds. The molecule has 0 radical (unpaired) electrons. The summed E-state index contributed by atoms with van der Waals surface area (Å²) in [6.07, 6.45) is 4.72. The molecule has 5 heteroatoms. The van der Waals surface area contributed by atoms with Gasteiger partial charge in [0.15, 0.2) is 0 Å². The maximum atomic E-state index is 12.7. The van der Waals surface area contributed by atoms with Gasteiger partial charge >= 0.3 is 0 Å². The van der Waals surface area contributed by atoms with Crippen LogP contribution in [0.5, 0.6) is 0 Å². The Morgan fingerprint density at radius 1 is 1.28 bits per heavy atom. The number of amides is 1. The van der Waals surface area contributed by atoms with E-state index >= 15 is 0 Å². The highest BCUT2D eigenvalue weighted by atomic mass is 16.3. The number of aliphatic hydroxyl groups is 1. The van der Waals surface area contributed by atoms with Crippen LogP contribution in [0.2, 0.25) is 0 Å². The summed E-state index contributed by atoms with van der Waals surface area (Å²) in [5.74, 6) is -0.0410. The Balaban J connectivity index is 2.01. The van der Waals surface area contributed by atoms with Crippen LogP contribution >= 0.6 is 0 Å². The first-order valence-electron chi connectivity index (χ1n) is 9.43. The highest BCUT2D eigenvalue weighted by molar-refractivity contribution is 5.95. The Morgan fingerprint density at radius 2 is 1.92 bits per heavy atom. The van der Waals surface area contributed by atoms with Crippen molar-refractivity contribution in [3.8, 4) is 0 Å². The number of benzene rings is 1. The maximum Gasteiger partial charge on any atom is 0.251 e. The van der Waals surface area contributed by atoms with Gasteiger partial charge in [-0.05, 0) is 57.0 Å². The molecule has 1 aliphatic rings. The summed E-state index contributed by atoms with van der Waals surface area (Å²) in [7, 11) is 4.18. The van der Waals surface area contributed by atoms with Crippen LogP contribution in [-0.2, 0) is 0 Å². The molecule has 1 heterocycles. The van der Waals surface area contributed by atoms with E-state index in [9.17, 15) is 9.90 Å². The molecular formula is C20H33N3O2. The number of carbonyl (C=O) groups excluding carboxylic acids is 1. The number of rotatable bonds is 8. The molecule has 0 aromatic heterocycles. The zero-order chi connectivity index (χ0) is 18.3. The Morgan fingerprint density at radius 3 is 2.48 bits per heavy atom. The number of nitrogens with one attached hydrogen (secondary N) is 1. The topological polar surface area (TPSA) is 55.8 Å². The van der Waals surface area contributed by atoms with Crippen molar-refractivity contribution in [2.24, 2.45) is 0 Å². The van der Waals surface area contributed by atoms with Crippen molar-refractivity contribution in [3.63, 3.8) is 0 Å². The third-order valence-corrected chi connectivity index (χ3v) is 5.33. The standard InChI is InChI=1S/C20H33N3O2/c1-4-5-13-23(3)18-8-6-17(7-9-18)19(25)21-20(12-16-24)10-14-22(2)15-11-20/h6-9,24H,4-5,10-16H2,1-3H3,(H,21,25). The molecule has 5 nitrogen and oxygen atoms in total. The number of piperidine rings is 1. The van der Waals surface area contributed by atoms with Gasteiger partial charge in [0.25, 0.3) is 5.91 Å². The van der Waals surface area contributed by atoms with Crippen LogP contribution < -0.4 is 10.2 Å². The smallest absolute Gasteiger partial charge is 0.251 e. The van der Waals surface area contributed by atoms with E-state index in [1.54, 1.807) is 0 Å². The van der Waals surface area contributed by atoms with Crippen molar-refractivity contribution in [1.29, 1.82) is 0 Å². The number of carbonyl (C=O) groups is 1. The quantitative estimate of drug-likeness (QED) is 0.759. The fraction of sp³-hybridized carbons (Fsp3) is 0.650. The molecule has 25 heavy (non-hydrogen) atoms. The van der Waals surface area contributed by atoms with Gasteiger partial charge in [-0.15, -0.1) is 0 Å². The van der Waals surface area contributed by atoms with E-state index in [2.05, 4.69) is 36.1 Å². The van der Waals surface area contributed by atoms with E-state index in [4.69, 9.17) is 0 Å². The van der Waals surface area contributed by atoms with Crippen molar-refractivity contribution < 1.29 is 9.90 Å². The summed E-state index contributed by atoms with van der Waals surface area (Å²) in [5, 5.41) is 12.6. The lowest BCUT2D eigenvalue weighted by Crippen LogP contribution is -2.55. The van der Waals surface area contributed by atoms with E-state index in [-0.39, 0.29) is 18.1 Å². The summed E-state index contributed by atoms with van der Waals surface area (Å²) >= 11 is 0. The minimum atomic E-state index is -0.283. The van der Waals surface area contributed by atoms with Crippen LogP contribution in [0.25, 0.3) is 0 Å². The minimum absolute atomic E-state index is 0.0410. The predicted molar refractivity (Wildman–Crippen MR) is 103 cm³/mol. The molecule has 2 rings (SSSR count). The molecular weight excluding hydrogens is 314 g/mol. The molecule has 140 valence electrons. The number of hydrogen-bond acceptors (Lipinski definition) is 4. The van der Waals surface area contributed by atoms with Gasteiger partial charge in [0.1, 0.15) is 0 Å². The lowest BCUT2D eigenvalue weighted by molar-refractivity contribution is 0.0778. The zero-order valence-corrected chi connectivity index (χ0v) is 15.9. The lowest BCUT2D eigenvalue weighted by atomic mass is 9.84. The second kappa shape index (κ2) is 9.20. The molecule has 1 aromatic carbocycles. The van der Waals surface area contributed by atoms with Gasteiger partial charge in [0.2, 0.25) is 0 Å². The molecule has 1 aliphatic heterocycles. The highest BCUT2D eigenvalue weighted by Crippen LogP contribution is 2.26. The van der Waals surface area contributed by atoms with Crippen LogP contribution in [-0.4, -0.2) is 61.8 Å². The molecule has 0 unspecified atom stereocenters. The summed E-state index contributed by atoms with van der Waals surface area (Å²) in [6, 6.07) is 7.82. The van der Waals surface area contributed by atoms with Crippen molar-refractivity contribution in [3.05, 3.63) is 29.8 Å². The second-order valence-electron chi connectivity index (χ2n) is 7.33. The van der Waals surface area contributed by atoms with Crippen molar-refractivity contribution >= 4 is 11.6 Å². The molecule has 1 aromatic rings. The number of anilines is 1. The number of unbranched alkanes of at least 4 members (excludes halogenated alkanes) is 1. The molecule has 0 aliphatic carbocycles. The van der Waals surface area contributed by atoms with Crippen molar-refractivity contribution in [2.45, 2.75) is 44.6 Å². The zero-order valence-electron chi connectivity index (χ0n) is 15.9. The Kier molecular flexibility index (Phi) is 7.26. The molecule has 2 N–H and O–H groups in total. The van der Waals surface area contributed by atoms with Crippen LogP contribution in [0, 0.1) is 0 Å². The largest absolute Gasteiger partial charge is 0.396 e. The summed E-state index contributed by atoms with van der Waals surface area (Å²) in [5.41, 5.74) is 1.54. The minimum Gasteiger partial charge on any atom is -0.396 e. The highest BCUT2D eigenvalue weighted by Gasteiger charge is 2.34. The molecule has 0 bridgehead atoms. The third kappa shape index (κ3) is 5.44. The van der Waals surface area contributed by atoms with Gasteiger partial charge in [-0.1, -0.05) is 13.3 Å². The summed E-state index contributed by atoms with van der Waals surface area (Å²) in [4.78, 5) is 17.2. The van der Waals surface area contributed by atoms with Crippen LogP contribution in [0.4, 0.5) is 5.69 Å². The Labute approximate surface area is 152 Å². The maximum absolute atomic E-state index is 12.7. The fourth-order valence-corrected chi connectivity index (χ4v) is 3.40. The van der Waals surface area contributed by atoms with Crippen LogP contribution in [0.1, 0.15) is 49.4 Å². The Hall–Kier alpha value is -1.59. The van der Waals surface area contributed by atoms with Gasteiger partial charge in [-0.3, -0.25) is 4.79 Å². The third-order valence-electron chi connectivity index (χ3n) is 5.33. The van der Waals surface area contributed by atoms with Gasteiger partial charge in [0.05, 0.1) is 0 Å². The number of likely N-dealkylation sites (tertiary alicyclic amines) is 1. The second-order valence-corrected chi connectivity index (χ2v) is 7.33. The fourth-order valence-electron chi connectivity index (χ4n) is 3.40. The van der Waals surface area contributed by atoms with Gasteiger partial charge < -0.3 is 20.2 Å². The van der Waals surface area contributed by atoms with E-state index in [1.165, 1.54) is 6.42 Å².